The van der Waals surface area contributed by atoms with Gasteiger partial charge in [0.05, 0.1) is 51.4 Å². The second kappa shape index (κ2) is 69.4. The molecule has 0 fully saturated rings. The van der Waals surface area contributed by atoms with E-state index < -0.39 is 32.0 Å². The molecule has 0 spiro atoms. The van der Waals surface area contributed by atoms with Crippen molar-refractivity contribution in [3.63, 3.8) is 0 Å². The van der Waals surface area contributed by atoms with Gasteiger partial charge in [-0.05, 0) is 226 Å². The molecule has 704 valence electrons. The molecule has 0 heterocycles. The molecule has 0 aliphatic heterocycles. The third-order valence-electron chi connectivity index (χ3n) is 18.7. The van der Waals surface area contributed by atoms with Gasteiger partial charge in [-0.3, -0.25) is 48.8 Å². The van der Waals surface area contributed by atoms with Gasteiger partial charge in [0.1, 0.15) is 12.5 Å². The molecule has 6 amide bonds. The number of anilines is 9. The summed E-state index contributed by atoms with van der Waals surface area (Å²) in [5, 5.41) is 53.6. The number of aliphatic hydroxyl groups excluding tert-OH is 2. The van der Waals surface area contributed by atoms with Crippen molar-refractivity contribution in [2.75, 3.05) is 157 Å². The highest BCUT2D eigenvalue weighted by Crippen LogP contribution is 2.36. The average Bonchev–Trinajstić information content (AvgIpc) is 0.755. The van der Waals surface area contributed by atoms with E-state index in [2.05, 4.69) is 104 Å². The van der Waals surface area contributed by atoms with Crippen molar-refractivity contribution in [3.05, 3.63) is 271 Å². The molecule has 0 aromatic heterocycles. The van der Waals surface area contributed by atoms with Crippen molar-refractivity contribution in [2.24, 2.45) is 5.90 Å². The Kier molecular flexibility index (Phi) is 63.2. The zero-order valence-corrected chi connectivity index (χ0v) is 78.6. The minimum atomic E-state index is -1.58. The molecule has 0 aliphatic carbocycles. The van der Waals surface area contributed by atoms with Crippen LogP contribution in [0.4, 0.5) is 51.2 Å². The van der Waals surface area contributed by atoms with Crippen molar-refractivity contribution >= 4 is 147 Å². The van der Waals surface area contributed by atoms with Crippen LogP contribution in [0.2, 0.25) is 18.1 Å². The number of amides is 6. The van der Waals surface area contributed by atoms with E-state index in [-0.39, 0.29) is 87.4 Å². The zero-order valence-electron chi connectivity index (χ0n) is 75.4. The Bertz CT molecular complexity index is 4250. The Morgan fingerprint density at radius 1 is 0.419 bits per heavy atom. The number of benzene rings is 9. The van der Waals surface area contributed by atoms with Gasteiger partial charge in [-0.15, -0.1) is 23.2 Å². The van der Waals surface area contributed by atoms with Crippen LogP contribution in [0.25, 0.3) is 0 Å². The van der Waals surface area contributed by atoms with Crippen molar-refractivity contribution in [1.82, 2.24) is 15.9 Å². The predicted octanol–water partition coefficient (Wildman–Crippen LogP) is 16.8. The molecule has 129 heavy (non-hydrogen) atoms. The highest BCUT2D eigenvalue weighted by Gasteiger charge is 2.37. The zero-order chi connectivity index (χ0) is 95.7. The number of esters is 1. The maximum atomic E-state index is 12.5. The number of Topliss-reactive ketones (excluding diaryl/α,β-unsaturated/α-hetero) is 1. The summed E-state index contributed by atoms with van der Waals surface area (Å²) >= 11 is 15.1. The van der Waals surface area contributed by atoms with Gasteiger partial charge in [-0.25, -0.2) is 21.7 Å². The fourth-order valence-corrected chi connectivity index (χ4v) is 12.0. The number of ketones is 1. The number of nitrogen functional groups attached to an aromatic ring is 1. The third-order valence-corrected chi connectivity index (χ3v) is 24.0. The monoisotopic (exact) mass is 1860 g/mol. The topological polar surface area (TPSA) is 414 Å². The van der Waals surface area contributed by atoms with Gasteiger partial charge in [0, 0.05) is 101 Å². The van der Waals surface area contributed by atoms with Crippen LogP contribution in [0, 0.1) is 0 Å². The molecule has 0 radical (unpaired) electrons. The Morgan fingerprint density at radius 3 is 0.977 bits per heavy atom. The Balaban J connectivity index is 0.00000150. The van der Waals surface area contributed by atoms with Gasteiger partial charge >= 0.3 is 5.97 Å². The van der Waals surface area contributed by atoms with Gasteiger partial charge in [0.2, 0.25) is 28.9 Å². The molecule has 15 N–H and O–H groups in total. The average molecular weight is 1860 g/mol. The van der Waals surface area contributed by atoms with E-state index in [1.807, 2.05) is 148 Å². The Hall–Kier alpha value is -11.6. The summed E-state index contributed by atoms with van der Waals surface area (Å²) in [4.78, 5) is 112. The van der Waals surface area contributed by atoms with Gasteiger partial charge in [0.25, 0.3) is 11.8 Å². The maximum Gasteiger partial charge on any atom is 0.337 e. The molecule has 0 atom stereocenters. The highest BCUT2D eigenvalue weighted by atomic mass is 35.5. The number of aliphatic hydroxyl groups is 2. The largest absolute Gasteiger partial charge is 0.465 e. The molecule has 9 aromatic rings. The van der Waals surface area contributed by atoms with E-state index >= 15 is 0 Å². The SMILES string of the molecule is C.CC(C)(C)[Si](C)(C)OCCNc1ccccc1.CCCN(C(=O)CCl)c1ccccc1.CCCN(C(=O)CNc1ccc(C(=O)NO)cc1)c1ccccc1.CCCN(C(=O)CNc1ccc(C(=O)OC)cc1)c1ccccc1.CCN(CC)CC.NO.Nc1ccc(C(=O)CO)cc1.O=C(Cl)CCl.O=C(NO)c1ccc(NCC(=O)N(CCO)c2ccccc2)cc1. The first-order valence-electron chi connectivity index (χ1n) is 41.7. The number of carbonyl (C=O) groups is 9. The number of nitrogens with one attached hydrogen (secondary N) is 6. The molecular weight excluding hydrogens is 1730 g/mol. The predicted molar refractivity (Wildman–Crippen MR) is 527 cm³/mol. The molecule has 0 bridgehead atoms. The van der Waals surface area contributed by atoms with E-state index in [4.69, 9.17) is 70.8 Å². The smallest absolute Gasteiger partial charge is 0.337 e. The van der Waals surface area contributed by atoms with Crippen LogP contribution in [0.5, 0.6) is 0 Å². The van der Waals surface area contributed by atoms with Gasteiger partial charge < -0.3 is 76.1 Å². The van der Waals surface area contributed by atoms with Crippen LogP contribution < -0.4 is 63.5 Å². The number of nitrogens with two attached hydrogens (primary N) is 2. The molecule has 29 nitrogen and oxygen atoms in total. The lowest BCUT2D eigenvalue weighted by atomic mass is 10.1. The number of ether oxygens (including phenoxy) is 1. The van der Waals surface area contributed by atoms with E-state index in [1.54, 1.807) is 123 Å². The quantitative estimate of drug-likeness (QED) is 0.00200. The Morgan fingerprint density at radius 2 is 0.713 bits per heavy atom. The number of rotatable bonds is 36. The van der Waals surface area contributed by atoms with Gasteiger partial charge in [-0.1, -0.05) is 161 Å². The summed E-state index contributed by atoms with van der Waals surface area (Å²) in [6, 6.07) is 74.3. The molecule has 9 aromatic carbocycles. The molecule has 0 aliphatic rings. The maximum absolute atomic E-state index is 12.5. The standard InChI is InChI=1S/C19H22N2O3.C18H21N3O3.C17H19N3O4.C14H25NOSi.C11H14ClNO.C8H9NO2.C6H15N.C2H2Cl2O.CH4.H3NO/c1-3-13-21(17-7-5-4-6-8-17)18(22)14-20-16-11-9-15(10-12-16)19(23)24-2;1-2-12-21(16-6-4-3-5-7-16)17(22)13-19-15-10-8-14(9-11-15)18(23)20-24;21-11-10-20(15-4-2-1-3-5-15)16(22)12-18-14-8-6-13(7-9-14)17(23)19-24;1-14(2,3)17(4,5)16-12-11-15-13-9-7-6-8-10-13;1-2-8-13(11(14)9-12)10-6-4-3-5-7-10;9-7-3-1-6(2-4-7)8(11)5-10;1-4-7(5-2)6-3;3-1-2(4)5;;1-2/h4-12,20H,3,13-14H2,1-2H3;3-11,19,24H,2,12-13H2,1H3,(H,20,23);1-9,18,21,24H,10-12H2,(H,19,23);6-10,15H,11-12H2,1-5H3;3-7H,2,8-9H2,1H3;1-4,10H,5,9H2;4-6H2,1-3H3;1H2;1H4;2H,1H2. The van der Waals surface area contributed by atoms with Crippen LogP contribution >= 0.6 is 34.8 Å². The summed E-state index contributed by atoms with van der Waals surface area (Å²) in [6.45, 7) is 31.3. The number of halogens is 3. The Labute approximate surface area is 777 Å². The third kappa shape index (κ3) is 47.8. The van der Waals surface area contributed by atoms with Crippen LogP contribution in [0.3, 0.4) is 0 Å². The van der Waals surface area contributed by atoms with Crippen molar-refractivity contribution in [3.8, 4) is 0 Å². The van der Waals surface area contributed by atoms with E-state index in [0.29, 0.717) is 57.4 Å². The first kappa shape index (κ1) is 117. The highest BCUT2D eigenvalue weighted by molar-refractivity contribution is 6.74. The van der Waals surface area contributed by atoms with Gasteiger partial charge in [-0.2, -0.15) is 0 Å². The van der Waals surface area contributed by atoms with Crippen LogP contribution in [-0.4, -0.2) is 202 Å². The lowest BCUT2D eigenvalue weighted by molar-refractivity contribution is -0.117. The number of nitrogens with zero attached hydrogens (tertiary/aromatic N) is 5. The molecule has 0 saturated heterocycles. The van der Waals surface area contributed by atoms with E-state index in [0.717, 1.165) is 73.1 Å². The molecule has 33 heteroatoms. The number of alkyl halides is 2. The summed E-state index contributed by atoms with van der Waals surface area (Å²) in [5.74, 6) is 1.34. The van der Waals surface area contributed by atoms with E-state index in [1.165, 1.54) is 43.8 Å². The number of para-hydroxylation sites is 5. The van der Waals surface area contributed by atoms with E-state index in [9.17, 15) is 43.2 Å². The first-order valence-corrected chi connectivity index (χ1v) is 46.0. The lowest BCUT2D eigenvalue weighted by Crippen LogP contribution is -2.41. The molecule has 9 rings (SSSR count). The van der Waals surface area contributed by atoms with Crippen molar-refractivity contribution in [2.45, 2.75) is 107 Å². The van der Waals surface area contributed by atoms with Crippen molar-refractivity contribution < 1.29 is 78.1 Å². The lowest BCUT2D eigenvalue weighted by Gasteiger charge is -2.36. The fourth-order valence-electron chi connectivity index (χ4n) is 10.8. The summed E-state index contributed by atoms with van der Waals surface area (Å²) in [7, 11) is -0.237. The van der Waals surface area contributed by atoms with Crippen molar-refractivity contribution in [1.29, 1.82) is 0 Å². The second-order valence-electron chi connectivity index (χ2n) is 28.8. The number of carbonyl (C=O) groups excluding carboxylic acids is 9. The van der Waals surface area contributed by atoms with Gasteiger partial charge in [0.15, 0.2) is 14.1 Å². The second-order valence-corrected chi connectivity index (χ2v) is 34.5. The van der Waals surface area contributed by atoms with Crippen LogP contribution in [-0.2, 0) is 33.1 Å². The summed E-state index contributed by atoms with van der Waals surface area (Å²) in [5.41, 5.74) is 17.5. The number of methoxy groups -OCH3 is 1. The molecule has 0 saturated carbocycles. The number of hydroxylamine groups is 2. The molecule has 0 unspecified atom stereocenters. The number of hydrogen-bond acceptors (Lipinski definition) is 23. The minimum Gasteiger partial charge on any atom is -0.465 e. The normalized spacial score (nSPS) is 10.1. The fraction of sp³-hybridized carbons (Fsp3) is 0.344. The molecular formula is C96H134Cl3N13O16Si. The summed E-state index contributed by atoms with van der Waals surface area (Å²) in [6.07, 6.45) is 2.68. The summed E-state index contributed by atoms with van der Waals surface area (Å²) < 4.78 is 10.8. The van der Waals surface area contributed by atoms with Crippen LogP contribution in [0.15, 0.2) is 249 Å². The van der Waals surface area contributed by atoms with Crippen LogP contribution in [0.1, 0.15) is 130 Å². The first-order chi connectivity index (χ1) is 61.4. The minimum absolute atomic E-state index is 0. The number of hydrogen-bond donors (Lipinski definition) is 13.